The van der Waals surface area contributed by atoms with Crippen molar-refractivity contribution in [3.05, 3.63) is 71.3 Å². The van der Waals surface area contributed by atoms with E-state index in [2.05, 4.69) is 0 Å². The van der Waals surface area contributed by atoms with Crippen molar-refractivity contribution in [1.82, 2.24) is 4.31 Å². The number of rotatable bonds is 3. The lowest BCUT2D eigenvalue weighted by Crippen LogP contribution is -2.28. The fraction of sp³-hybridized carbons (Fsp3) is 0.263. The lowest BCUT2D eigenvalue weighted by molar-refractivity contribution is 0.464. The molecule has 0 N–H and O–H groups in total. The van der Waals surface area contributed by atoms with E-state index in [9.17, 15) is 8.42 Å². The van der Waals surface area contributed by atoms with E-state index in [-0.39, 0.29) is 5.92 Å². The lowest BCUT2D eigenvalue weighted by Gasteiger charge is -2.15. The standard InChI is InChI=1S/C19H20ClNO2S/c1-14-8-10-17(11-9-14)24(22,23)21-12-15(2)18(13-21)19(20)16-6-4-3-5-7-16/h3-11,15H,12-13H2,1-2H3/b19-18-. The van der Waals surface area contributed by atoms with Gasteiger partial charge < -0.3 is 0 Å². The summed E-state index contributed by atoms with van der Waals surface area (Å²) in [5.41, 5.74) is 2.94. The molecule has 1 fully saturated rings. The van der Waals surface area contributed by atoms with Crippen molar-refractivity contribution in [1.29, 1.82) is 0 Å². The van der Waals surface area contributed by atoms with Crippen LogP contribution in [0.5, 0.6) is 0 Å². The molecule has 5 heteroatoms. The summed E-state index contributed by atoms with van der Waals surface area (Å²) in [5, 5.41) is 0.657. The van der Waals surface area contributed by atoms with E-state index in [1.807, 2.05) is 56.3 Å². The highest BCUT2D eigenvalue weighted by molar-refractivity contribution is 7.89. The molecule has 0 aromatic heterocycles. The summed E-state index contributed by atoms with van der Waals surface area (Å²) < 4.78 is 27.2. The highest BCUT2D eigenvalue weighted by Gasteiger charge is 2.35. The van der Waals surface area contributed by atoms with Crippen LogP contribution in [0.3, 0.4) is 0 Å². The fourth-order valence-corrected chi connectivity index (χ4v) is 4.80. The molecule has 0 saturated carbocycles. The van der Waals surface area contributed by atoms with Gasteiger partial charge in [0.05, 0.1) is 4.90 Å². The first-order chi connectivity index (χ1) is 11.4. The molecule has 1 saturated heterocycles. The molecule has 1 aliphatic heterocycles. The Kier molecular flexibility index (Phi) is 4.81. The van der Waals surface area contributed by atoms with Gasteiger partial charge in [0.2, 0.25) is 10.0 Å². The summed E-state index contributed by atoms with van der Waals surface area (Å²) >= 11 is 6.55. The highest BCUT2D eigenvalue weighted by Crippen LogP contribution is 2.35. The smallest absolute Gasteiger partial charge is 0.207 e. The maximum atomic E-state index is 12.9. The van der Waals surface area contributed by atoms with Crippen LogP contribution in [0.25, 0.3) is 5.03 Å². The van der Waals surface area contributed by atoms with E-state index in [1.54, 1.807) is 12.1 Å². The number of hydrogen-bond acceptors (Lipinski definition) is 2. The molecule has 1 aliphatic rings. The average molecular weight is 362 g/mol. The van der Waals surface area contributed by atoms with Gasteiger partial charge in [-0.25, -0.2) is 8.42 Å². The van der Waals surface area contributed by atoms with E-state index < -0.39 is 10.0 Å². The first-order valence-electron chi connectivity index (χ1n) is 7.90. The van der Waals surface area contributed by atoms with Crippen LogP contribution in [0.1, 0.15) is 18.1 Å². The van der Waals surface area contributed by atoms with E-state index in [1.165, 1.54) is 4.31 Å². The van der Waals surface area contributed by atoms with Crippen LogP contribution in [0.15, 0.2) is 65.1 Å². The second-order valence-electron chi connectivity index (χ2n) is 6.22. The molecule has 0 aliphatic carbocycles. The zero-order valence-corrected chi connectivity index (χ0v) is 15.3. The molecule has 2 aromatic rings. The van der Waals surface area contributed by atoms with Crippen molar-refractivity contribution in [3.8, 4) is 0 Å². The highest BCUT2D eigenvalue weighted by atomic mass is 35.5. The van der Waals surface area contributed by atoms with E-state index in [4.69, 9.17) is 11.6 Å². The molecule has 3 nitrogen and oxygen atoms in total. The molecule has 1 unspecified atom stereocenters. The first-order valence-corrected chi connectivity index (χ1v) is 9.72. The SMILES string of the molecule is Cc1ccc(S(=O)(=O)N2C/C(=C(/Cl)c3ccccc3)C(C)C2)cc1. The van der Waals surface area contributed by atoms with Gasteiger partial charge in [-0.2, -0.15) is 4.31 Å². The second kappa shape index (κ2) is 6.71. The molecule has 126 valence electrons. The molecular weight excluding hydrogens is 342 g/mol. The first kappa shape index (κ1) is 17.2. The lowest BCUT2D eigenvalue weighted by atomic mass is 10.0. The summed E-state index contributed by atoms with van der Waals surface area (Å²) in [4.78, 5) is 0.331. The van der Waals surface area contributed by atoms with Crippen molar-refractivity contribution >= 4 is 26.7 Å². The van der Waals surface area contributed by atoms with Gasteiger partial charge in [0, 0.05) is 18.1 Å². The Morgan fingerprint density at radius 3 is 2.33 bits per heavy atom. The molecule has 0 radical (unpaired) electrons. The summed E-state index contributed by atoms with van der Waals surface area (Å²) in [6.45, 7) is 4.75. The predicted octanol–water partition coefficient (Wildman–Crippen LogP) is 4.29. The van der Waals surface area contributed by atoms with Gasteiger partial charge >= 0.3 is 0 Å². The van der Waals surface area contributed by atoms with Gasteiger partial charge in [-0.05, 0) is 36.1 Å². The summed E-state index contributed by atoms with van der Waals surface area (Å²) in [5.74, 6) is 0.0953. The van der Waals surface area contributed by atoms with Crippen LogP contribution in [-0.4, -0.2) is 25.8 Å². The number of nitrogens with zero attached hydrogens (tertiary/aromatic N) is 1. The molecule has 1 heterocycles. The maximum absolute atomic E-state index is 12.9. The third-order valence-electron chi connectivity index (χ3n) is 4.39. The number of aryl methyl sites for hydroxylation is 1. The average Bonchev–Trinajstić information content (AvgIpc) is 2.98. The number of hydrogen-bond donors (Lipinski definition) is 0. The number of benzene rings is 2. The van der Waals surface area contributed by atoms with Gasteiger partial charge in [0.15, 0.2) is 0 Å². The minimum atomic E-state index is -3.50. The van der Waals surface area contributed by atoms with Crippen molar-refractivity contribution < 1.29 is 8.42 Å². The van der Waals surface area contributed by atoms with E-state index >= 15 is 0 Å². The Morgan fingerprint density at radius 2 is 1.71 bits per heavy atom. The van der Waals surface area contributed by atoms with Crippen molar-refractivity contribution in [2.75, 3.05) is 13.1 Å². The fourth-order valence-electron chi connectivity index (χ4n) is 2.92. The van der Waals surface area contributed by atoms with E-state index in [0.717, 1.165) is 16.7 Å². The van der Waals surface area contributed by atoms with Crippen LogP contribution in [0, 0.1) is 12.8 Å². The van der Waals surface area contributed by atoms with Gasteiger partial charge in [-0.3, -0.25) is 0 Å². The minimum absolute atomic E-state index is 0.0953. The zero-order chi connectivity index (χ0) is 17.3. The van der Waals surface area contributed by atoms with E-state index in [0.29, 0.717) is 23.0 Å². The molecule has 1 atom stereocenters. The van der Waals surface area contributed by atoms with Gasteiger partial charge in [0.25, 0.3) is 0 Å². The minimum Gasteiger partial charge on any atom is -0.207 e. The molecular formula is C19H20ClNO2S. The summed E-state index contributed by atoms with van der Waals surface area (Å²) in [6.07, 6.45) is 0. The van der Waals surface area contributed by atoms with Crippen molar-refractivity contribution in [2.24, 2.45) is 5.92 Å². The van der Waals surface area contributed by atoms with Gasteiger partial charge in [-0.1, -0.05) is 66.6 Å². The van der Waals surface area contributed by atoms with Crippen molar-refractivity contribution in [2.45, 2.75) is 18.7 Å². The van der Waals surface area contributed by atoms with Crippen LogP contribution in [-0.2, 0) is 10.0 Å². The number of halogens is 1. The van der Waals surface area contributed by atoms with Gasteiger partial charge in [-0.15, -0.1) is 0 Å². The normalized spacial score (nSPS) is 21.0. The quantitative estimate of drug-likeness (QED) is 0.818. The maximum Gasteiger partial charge on any atom is 0.243 e. The molecule has 2 aromatic carbocycles. The van der Waals surface area contributed by atoms with Crippen LogP contribution in [0.4, 0.5) is 0 Å². The Bertz CT molecular complexity index is 858. The number of sulfonamides is 1. The molecule has 0 spiro atoms. The summed E-state index contributed by atoms with van der Waals surface area (Å²) in [7, 11) is -3.50. The molecule has 0 bridgehead atoms. The molecule has 24 heavy (non-hydrogen) atoms. The third-order valence-corrected chi connectivity index (χ3v) is 6.67. The topological polar surface area (TPSA) is 37.4 Å². The predicted molar refractivity (Wildman–Crippen MR) is 98.3 cm³/mol. The Morgan fingerprint density at radius 1 is 1.08 bits per heavy atom. The third kappa shape index (κ3) is 3.27. The largest absolute Gasteiger partial charge is 0.243 e. The molecule has 3 rings (SSSR count). The monoisotopic (exact) mass is 361 g/mol. The Balaban J connectivity index is 1.92. The molecule has 0 amide bonds. The summed E-state index contributed by atoms with van der Waals surface area (Å²) in [6, 6.07) is 16.6. The zero-order valence-electron chi connectivity index (χ0n) is 13.7. The van der Waals surface area contributed by atoms with Gasteiger partial charge in [0.1, 0.15) is 0 Å². The van der Waals surface area contributed by atoms with Crippen LogP contribution < -0.4 is 0 Å². The van der Waals surface area contributed by atoms with Crippen LogP contribution >= 0.6 is 11.6 Å². The van der Waals surface area contributed by atoms with Crippen molar-refractivity contribution in [3.63, 3.8) is 0 Å². The Labute approximate surface area is 148 Å². The van der Waals surface area contributed by atoms with Crippen LogP contribution in [0.2, 0.25) is 0 Å². The second-order valence-corrected chi connectivity index (χ2v) is 8.53. The Hall–Kier alpha value is -1.62.